The van der Waals surface area contributed by atoms with Crippen molar-refractivity contribution in [3.05, 3.63) is 0 Å². The van der Waals surface area contributed by atoms with E-state index in [4.69, 9.17) is 4.74 Å². The van der Waals surface area contributed by atoms with Crippen LogP contribution in [0.4, 0.5) is 0 Å². The van der Waals surface area contributed by atoms with Gasteiger partial charge >= 0.3 is 0 Å². The monoisotopic (exact) mass is 240 g/mol. The number of ether oxygens (including phenoxy) is 1. The third-order valence-electron chi connectivity index (χ3n) is 4.02. The van der Waals surface area contributed by atoms with Gasteiger partial charge in [-0.05, 0) is 38.6 Å². The van der Waals surface area contributed by atoms with Crippen molar-refractivity contribution in [2.45, 2.75) is 64.1 Å². The molecule has 0 aromatic carbocycles. The second-order valence-electron chi connectivity index (χ2n) is 5.82. The molecule has 0 aromatic rings. The Morgan fingerprint density at radius 3 is 2.88 bits per heavy atom. The van der Waals surface area contributed by atoms with Gasteiger partial charge in [-0.1, -0.05) is 13.8 Å². The summed E-state index contributed by atoms with van der Waals surface area (Å²) in [4.78, 5) is 2.66. The zero-order valence-corrected chi connectivity index (χ0v) is 11.5. The van der Waals surface area contributed by atoms with Gasteiger partial charge in [0.25, 0.3) is 0 Å². The number of hydrogen-bond acceptors (Lipinski definition) is 3. The van der Waals surface area contributed by atoms with Crippen LogP contribution in [-0.2, 0) is 4.74 Å². The van der Waals surface area contributed by atoms with Crippen molar-refractivity contribution in [1.82, 2.24) is 10.2 Å². The molecule has 0 amide bonds. The van der Waals surface area contributed by atoms with Crippen LogP contribution in [0.5, 0.6) is 0 Å². The summed E-state index contributed by atoms with van der Waals surface area (Å²) >= 11 is 0. The summed E-state index contributed by atoms with van der Waals surface area (Å²) in [5.74, 6) is 0. The van der Waals surface area contributed by atoms with Crippen LogP contribution in [0.2, 0.25) is 0 Å². The van der Waals surface area contributed by atoms with E-state index < -0.39 is 0 Å². The quantitative estimate of drug-likeness (QED) is 0.769. The average Bonchev–Trinajstić information content (AvgIpc) is 2.95. The minimum atomic E-state index is 0.550. The van der Waals surface area contributed by atoms with Gasteiger partial charge in [0.2, 0.25) is 0 Å². The van der Waals surface area contributed by atoms with Crippen molar-refractivity contribution in [2.24, 2.45) is 0 Å². The maximum Gasteiger partial charge on any atom is 0.0588 e. The zero-order chi connectivity index (χ0) is 12.1. The van der Waals surface area contributed by atoms with Crippen LogP contribution < -0.4 is 5.32 Å². The van der Waals surface area contributed by atoms with E-state index in [1.807, 2.05) is 0 Å². The van der Waals surface area contributed by atoms with Gasteiger partial charge in [0.1, 0.15) is 0 Å². The zero-order valence-electron chi connectivity index (χ0n) is 11.5. The molecule has 17 heavy (non-hydrogen) atoms. The number of likely N-dealkylation sites (tertiary alicyclic amines) is 1. The molecule has 2 heterocycles. The first-order valence-electron chi connectivity index (χ1n) is 7.34. The highest BCUT2D eigenvalue weighted by molar-refractivity contribution is 4.82. The highest BCUT2D eigenvalue weighted by Gasteiger charge is 2.25. The van der Waals surface area contributed by atoms with Crippen molar-refractivity contribution in [3.8, 4) is 0 Å². The number of rotatable bonds is 6. The van der Waals surface area contributed by atoms with E-state index in [2.05, 4.69) is 24.1 Å². The standard InChI is InChI=1S/C14H28N2O/c1-12(2)15-11-13-5-3-8-16(13)9-7-14-6-4-10-17-14/h12-15H,3-11H2,1-2H3. The van der Waals surface area contributed by atoms with E-state index in [1.54, 1.807) is 0 Å². The molecule has 0 aromatic heterocycles. The third-order valence-corrected chi connectivity index (χ3v) is 4.02. The van der Waals surface area contributed by atoms with Crippen LogP contribution in [0.25, 0.3) is 0 Å². The maximum absolute atomic E-state index is 5.70. The molecule has 0 spiro atoms. The fourth-order valence-electron chi connectivity index (χ4n) is 2.97. The van der Waals surface area contributed by atoms with Gasteiger partial charge in [0.05, 0.1) is 6.10 Å². The molecule has 1 N–H and O–H groups in total. The van der Waals surface area contributed by atoms with Gasteiger partial charge < -0.3 is 10.1 Å². The van der Waals surface area contributed by atoms with Crippen molar-refractivity contribution in [2.75, 3.05) is 26.2 Å². The largest absolute Gasteiger partial charge is 0.378 e. The topological polar surface area (TPSA) is 24.5 Å². The summed E-state index contributed by atoms with van der Waals surface area (Å²) < 4.78 is 5.70. The van der Waals surface area contributed by atoms with E-state index in [1.165, 1.54) is 45.2 Å². The molecule has 2 unspecified atom stereocenters. The molecule has 2 aliphatic rings. The predicted octanol–water partition coefficient (Wildman–Crippen LogP) is 2.02. The number of nitrogens with one attached hydrogen (secondary N) is 1. The first-order valence-corrected chi connectivity index (χ1v) is 7.34. The number of hydrogen-bond donors (Lipinski definition) is 1. The molecular formula is C14H28N2O. The average molecular weight is 240 g/mol. The molecular weight excluding hydrogens is 212 g/mol. The molecule has 100 valence electrons. The van der Waals surface area contributed by atoms with E-state index in [-0.39, 0.29) is 0 Å². The first kappa shape index (κ1) is 13.3. The summed E-state index contributed by atoms with van der Waals surface area (Å²) in [6.45, 7) is 9.12. The van der Waals surface area contributed by atoms with Gasteiger partial charge in [-0.25, -0.2) is 0 Å². The molecule has 3 heteroatoms. The van der Waals surface area contributed by atoms with E-state index >= 15 is 0 Å². The van der Waals surface area contributed by atoms with E-state index in [0.717, 1.165) is 19.2 Å². The predicted molar refractivity (Wildman–Crippen MR) is 71.3 cm³/mol. The Morgan fingerprint density at radius 1 is 1.29 bits per heavy atom. The first-order chi connectivity index (χ1) is 8.25. The van der Waals surface area contributed by atoms with E-state index in [0.29, 0.717) is 12.1 Å². The van der Waals surface area contributed by atoms with Gasteiger partial charge in [0.15, 0.2) is 0 Å². The second-order valence-corrected chi connectivity index (χ2v) is 5.82. The van der Waals surface area contributed by atoms with Crippen molar-refractivity contribution < 1.29 is 4.74 Å². The van der Waals surface area contributed by atoms with Crippen molar-refractivity contribution in [1.29, 1.82) is 0 Å². The Morgan fingerprint density at radius 2 is 2.18 bits per heavy atom. The summed E-state index contributed by atoms with van der Waals surface area (Å²) in [6.07, 6.45) is 7.07. The summed E-state index contributed by atoms with van der Waals surface area (Å²) in [6, 6.07) is 1.37. The van der Waals surface area contributed by atoms with Crippen molar-refractivity contribution >= 4 is 0 Å². The molecule has 2 saturated heterocycles. The van der Waals surface area contributed by atoms with Crippen LogP contribution >= 0.6 is 0 Å². The van der Waals surface area contributed by atoms with Gasteiger partial charge in [-0.2, -0.15) is 0 Å². The molecule has 3 nitrogen and oxygen atoms in total. The lowest BCUT2D eigenvalue weighted by atomic mass is 10.1. The smallest absolute Gasteiger partial charge is 0.0588 e. The Labute approximate surface area is 106 Å². The highest BCUT2D eigenvalue weighted by Crippen LogP contribution is 2.20. The molecule has 2 aliphatic heterocycles. The molecule has 2 rings (SSSR count). The van der Waals surface area contributed by atoms with Crippen LogP contribution in [-0.4, -0.2) is 49.3 Å². The molecule has 0 saturated carbocycles. The molecule has 0 aliphatic carbocycles. The Kier molecular flexibility index (Phi) is 5.26. The molecule has 0 bridgehead atoms. The maximum atomic E-state index is 5.70. The van der Waals surface area contributed by atoms with Gasteiger partial charge in [0, 0.05) is 31.8 Å². The fraction of sp³-hybridized carbons (Fsp3) is 1.00. The highest BCUT2D eigenvalue weighted by atomic mass is 16.5. The third kappa shape index (κ3) is 4.23. The summed E-state index contributed by atoms with van der Waals surface area (Å²) in [5, 5.41) is 3.57. The number of nitrogens with zero attached hydrogens (tertiary/aromatic N) is 1. The van der Waals surface area contributed by atoms with Crippen LogP contribution in [0.1, 0.15) is 46.0 Å². The molecule has 2 atom stereocenters. The van der Waals surface area contributed by atoms with Crippen molar-refractivity contribution in [3.63, 3.8) is 0 Å². The minimum Gasteiger partial charge on any atom is -0.378 e. The molecule has 2 fully saturated rings. The molecule has 0 radical (unpaired) electrons. The van der Waals surface area contributed by atoms with Crippen LogP contribution in [0.15, 0.2) is 0 Å². The Hall–Kier alpha value is -0.120. The minimum absolute atomic E-state index is 0.550. The van der Waals surface area contributed by atoms with E-state index in [9.17, 15) is 0 Å². The Balaban J connectivity index is 1.67. The van der Waals surface area contributed by atoms with Crippen LogP contribution in [0.3, 0.4) is 0 Å². The lowest BCUT2D eigenvalue weighted by Gasteiger charge is -2.26. The fourth-order valence-corrected chi connectivity index (χ4v) is 2.97. The summed E-state index contributed by atoms with van der Waals surface area (Å²) in [7, 11) is 0. The van der Waals surface area contributed by atoms with Gasteiger partial charge in [-0.15, -0.1) is 0 Å². The van der Waals surface area contributed by atoms with Crippen LogP contribution in [0, 0.1) is 0 Å². The SMILES string of the molecule is CC(C)NCC1CCCN1CCC1CCCO1. The normalized spacial score (nSPS) is 30.5. The summed E-state index contributed by atoms with van der Waals surface area (Å²) in [5.41, 5.74) is 0. The lowest BCUT2D eigenvalue weighted by Crippen LogP contribution is -2.41. The second kappa shape index (κ2) is 6.72. The Bertz CT molecular complexity index is 214. The van der Waals surface area contributed by atoms with Gasteiger partial charge in [-0.3, -0.25) is 4.90 Å². The lowest BCUT2D eigenvalue weighted by molar-refractivity contribution is 0.0899.